The molecule has 0 aliphatic carbocycles. The molecule has 1 amide bonds. The summed E-state index contributed by atoms with van der Waals surface area (Å²) in [5.41, 5.74) is 0.0404. The van der Waals surface area contributed by atoms with Crippen LogP contribution in [0.15, 0.2) is 30.7 Å². The molecule has 0 radical (unpaired) electrons. The Balaban J connectivity index is 1.53. The molecule has 3 aromatic rings. The SMILES string of the molecule is Cc1cnc(-c2cc(OCC3CN(C)CCO3)cc(C(=O)NCc3cnc(C(F)(F)F)nc3)c2F)s1. The van der Waals surface area contributed by atoms with E-state index in [9.17, 15) is 18.0 Å². The average Bonchev–Trinajstić information content (AvgIpc) is 3.27. The third-order valence-corrected chi connectivity index (χ3v) is 6.28. The van der Waals surface area contributed by atoms with Gasteiger partial charge in [0.05, 0.1) is 17.7 Å². The van der Waals surface area contributed by atoms with Crippen LogP contribution in [0.25, 0.3) is 10.6 Å². The first kappa shape index (κ1) is 25.9. The van der Waals surface area contributed by atoms with Crippen LogP contribution in [0.4, 0.5) is 17.6 Å². The Morgan fingerprint density at radius 3 is 2.64 bits per heavy atom. The maximum Gasteiger partial charge on any atom is 0.451 e. The molecule has 1 unspecified atom stereocenters. The van der Waals surface area contributed by atoms with E-state index in [2.05, 4.69) is 25.2 Å². The number of ether oxygens (including phenoxy) is 2. The predicted octanol–water partition coefficient (Wildman–Crippen LogP) is 3.71. The molecule has 0 spiro atoms. The van der Waals surface area contributed by atoms with Crippen molar-refractivity contribution >= 4 is 17.2 Å². The molecular weight excluding hydrogens is 502 g/mol. The Morgan fingerprint density at radius 2 is 2.00 bits per heavy atom. The van der Waals surface area contributed by atoms with Gasteiger partial charge < -0.3 is 19.7 Å². The van der Waals surface area contributed by atoms with Crippen LogP contribution < -0.4 is 10.1 Å². The van der Waals surface area contributed by atoms with Crippen LogP contribution in [0, 0.1) is 12.7 Å². The minimum absolute atomic E-state index is 0.107. The molecule has 3 heterocycles. The summed E-state index contributed by atoms with van der Waals surface area (Å²) < 4.78 is 64.9. The summed E-state index contributed by atoms with van der Waals surface area (Å²) in [7, 11) is 1.97. The number of rotatable bonds is 7. The standard InChI is InChI=1S/C23H23F4N5O3S/c1-13-7-29-21(36-13)18-6-15(35-12-16-11-32(2)3-4-34-16)5-17(19(18)24)20(33)28-8-14-9-30-22(31-10-14)23(25,26)27/h5-7,9-10,16H,3-4,8,11-12H2,1-2H3,(H,28,33). The molecule has 36 heavy (non-hydrogen) atoms. The summed E-state index contributed by atoms with van der Waals surface area (Å²) in [5.74, 6) is -2.59. The predicted molar refractivity (Wildman–Crippen MR) is 123 cm³/mol. The molecule has 2 aromatic heterocycles. The number of amides is 1. The van der Waals surface area contributed by atoms with E-state index in [0.717, 1.165) is 23.8 Å². The molecule has 13 heteroatoms. The van der Waals surface area contributed by atoms with Crippen LogP contribution in [-0.4, -0.2) is 65.2 Å². The van der Waals surface area contributed by atoms with Gasteiger partial charge in [-0.15, -0.1) is 11.3 Å². The number of benzene rings is 1. The Morgan fingerprint density at radius 1 is 1.25 bits per heavy atom. The van der Waals surface area contributed by atoms with Crippen molar-refractivity contribution in [1.82, 2.24) is 25.2 Å². The van der Waals surface area contributed by atoms with Crippen molar-refractivity contribution in [2.45, 2.75) is 25.7 Å². The lowest BCUT2D eigenvalue weighted by atomic mass is 10.1. The highest BCUT2D eigenvalue weighted by atomic mass is 32.1. The monoisotopic (exact) mass is 525 g/mol. The number of hydrogen-bond acceptors (Lipinski definition) is 8. The largest absolute Gasteiger partial charge is 0.491 e. The van der Waals surface area contributed by atoms with Gasteiger partial charge in [-0.2, -0.15) is 13.2 Å². The number of carbonyl (C=O) groups excluding carboxylic acids is 1. The number of halogens is 4. The summed E-state index contributed by atoms with van der Waals surface area (Å²) in [6, 6.07) is 2.77. The molecule has 0 bridgehead atoms. The van der Waals surface area contributed by atoms with Gasteiger partial charge in [0, 0.05) is 48.7 Å². The number of nitrogens with one attached hydrogen (secondary N) is 1. The normalized spacial score (nSPS) is 16.7. The summed E-state index contributed by atoms with van der Waals surface area (Å²) >= 11 is 1.27. The number of aryl methyl sites for hydroxylation is 1. The highest BCUT2D eigenvalue weighted by Crippen LogP contribution is 2.33. The number of likely N-dealkylation sites (N-methyl/N-ethyl adjacent to an activating group) is 1. The van der Waals surface area contributed by atoms with Gasteiger partial charge in [0.2, 0.25) is 5.82 Å². The second kappa shape index (κ2) is 10.8. The van der Waals surface area contributed by atoms with E-state index in [1.165, 1.54) is 23.5 Å². The molecule has 1 saturated heterocycles. The zero-order chi connectivity index (χ0) is 25.9. The van der Waals surface area contributed by atoms with Gasteiger partial charge in [-0.25, -0.2) is 19.3 Å². The second-order valence-corrected chi connectivity index (χ2v) is 9.50. The highest BCUT2D eigenvalue weighted by Gasteiger charge is 2.34. The molecule has 1 atom stereocenters. The smallest absolute Gasteiger partial charge is 0.451 e. The topological polar surface area (TPSA) is 89.5 Å². The molecule has 4 rings (SSSR count). The number of morpholine rings is 1. The number of aromatic nitrogens is 3. The van der Waals surface area contributed by atoms with Gasteiger partial charge in [-0.3, -0.25) is 4.79 Å². The maximum absolute atomic E-state index is 15.4. The summed E-state index contributed by atoms with van der Waals surface area (Å²) in [4.78, 5) is 26.6. The van der Waals surface area contributed by atoms with Gasteiger partial charge in [0.25, 0.3) is 5.91 Å². The first-order chi connectivity index (χ1) is 17.1. The van der Waals surface area contributed by atoms with Crippen molar-refractivity contribution in [3.05, 3.63) is 58.4 Å². The Hall–Kier alpha value is -3.16. The van der Waals surface area contributed by atoms with E-state index in [1.807, 2.05) is 14.0 Å². The molecule has 1 aliphatic rings. The fraction of sp³-hybridized carbons (Fsp3) is 0.391. The number of alkyl halides is 3. The summed E-state index contributed by atoms with van der Waals surface area (Å²) in [6.07, 6.45) is -1.35. The van der Waals surface area contributed by atoms with Crippen molar-refractivity contribution in [2.75, 3.05) is 33.4 Å². The molecule has 1 fully saturated rings. The van der Waals surface area contributed by atoms with Crippen molar-refractivity contribution in [3.63, 3.8) is 0 Å². The fourth-order valence-electron chi connectivity index (χ4n) is 3.51. The first-order valence-electron chi connectivity index (χ1n) is 11.0. The van der Waals surface area contributed by atoms with E-state index < -0.39 is 23.7 Å². The maximum atomic E-state index is 15.4. The Bertz CT molecular complexity index is 1220. The molecule has 1 N–H and O–H groups in total. The lowest BCUT2D eigenvalue weighted by Gasteiger charge is -2.29. The molecule has 1 aliphatic heterocycles. The fourth-order valence-corrected chi connectivity index (χ4v) is 4.28. The third kappa shape index (κ3) is 6.33. The number of carbonyl (C=O) groups is 1. The molecule has 8 nitrogen and oxygen atoms in total. The van der Waals surface area contributed by atoms with Crippen LogP contribution in [-0.2, 0) is 17.5 Å². The van der Waals surface area contributed by atoms with Crippen molar-refractivity contribution in [1.29, 1.82) is 0 Å². The third-order valence-electron chi connectivity index (χ3n) is 5.33. The van der Waals surface area contributed by atoms with Crippen molar-refractivity contribution in [3.8, 4) is 16.3 Å². The Labute approximate surface area is 208 Å². The van der Waals surface area contributed by atoms with E-state index in [0.29, 0.717) is 18.2 Å². The Kier molecular flexibility index (Phi) is 7.81. The van der Waals surface area contributed by atoms with Gasteiger partial charge in [-0.1, -0.05) is 0 Å². The zero-order valence-electron chi connectivity index (χ0n) is 19.4. The van der Waals surface area contributed by atoms with Gasteiger partial charge in [-0.05, 0) is 26.1 Å². The summed E-state index contributed by atoms with van der Waals surface area (Å²) in [6.45, 7) is 3.89. The number of nitrogens with zero attached hydrogens (tertiary/aromatic N) is 4. The van der Waals surface area contributed by atoms with E-state index in [1.54, 1.807) is 6.20 Å². The van der Waals surface area contributed by atoms with Crippen LogP contribution in [0.5, 0.6) is 5.75 Å². The van der Waals surface area contributed by atoms with Crippen LogP contribution >= 0.6 is 11.3 Å². The molecule has 192 valence electrons. The van der Waals surface area contributed by atoms with Crippen molar-refractivity contribution in [2.24, 2.45) is 0 Å². The molecule has 0 saturated carbocycles. The van der Waals surface area contributed by atoms with Gasteiger partial charge in [0.1, 0.15) is 29.3 Å². The van der Waals surface area contributed by atoms with E-state index in [4.69, 9.17) is 9.47 Å². The van der Waals surface area contributed by atoms with E-state index >= 15 is 4.39 Å². The summed E-state index contributed by atoms with van der Waals surface area (Å²) in [5, 5.41) is 2.88. The molecular formula is C23H23F4N5O3S. The second-order valence-electron chi connectivity index (χ2n) is 8.27. The first-order valence-corrected chi connectivity index (χ1v) is 11.8. The average molecular weight is 526 g/mol. The van der Waals surface area contributed by atoms with Crippen LogP contribution in [0.3, 0.4) is 0 Å². The van der Waals surface area contributed by atoms with Gasteiger partial charge in [0.15, 0.2) is 0 Å². The quantitative estimate of drug-likeness (QED) is 0.471. The number of thiazole rings is 1. The minimum Gasteiger partial charge on any atom is -0.491 e. The van der Waals surface area contributed by atoms with Crippen molar-refractivity contribution < 1.29 is 31.8 Å². The zero-order valence-corrected chi connectivity index (χ0v) is 20.2. The number of hydrogen-bond donors (Lipinski definition) is 1. The van der Waals surface area contributed by atoms with E-state index in [-0.39, 0.29) is 41.7 Å². The van der Waals surface area contributed by atoms with Gasteiger partial charge >= 0.3 is 6.18 Å². The van der Waals surface area contributed by atoms with Crippen LogP contribution in [0.2, 0.25) is 0 Å². The molecule has 1 aromatic carbocycles. The lowest BCUT2D eigenvalue weighted by Crippen LogP contribution is -2.42. The minimum atomic E-state index is -4.67. The van der Waals surface area contributed by atoms with Crippen LogP contribution in [0.1, 0.15) is 26.6 Å². The highest BCUT2D eigenvalue weighted by molar-refractivity contribution is 7.14. The lowest BCUT2D eigenvalue weighted by molar-refractivity contribution is -0.145.